The van der Waals surface area contributed by atoms with Crippen molar-refractivity contribution in [3.63, 3.8) is 0 Å². The molecule has 0 bridgehead atoms. The molecule has 0 aliphatic heterocycles. The van der Waals surface area contributed by atoms with E-state index in [4.69, 9.17) is 0 Å². The van der Waals surface area contributed by atoms with Gasteiger partial charge in [-0.15, -0.1) is 0 Å². The number of aryl methyl sites for hydroxylation is 1. The van der Waals surface area contributed by atoms with Crippen molar-refractivity contribution in [3.05, 3.63) is 70.8 Å². The Labute approximate surface area is 226 Å². The molecule has 9 nitrogen and oxygen atoms in total. The van der Waals surface area contributed by atoms with Gasteiger partial charge in [-0.2, -0.15) is 0 Å². The summed E-state index contributed by atoms with van der Waals surface area (Å²) in [4.78, 5) is 44.3. The molecule has 1 aliphatic rings. The first-order chi connectivity index (χ1) is 18.4. The Balaban J connectivity index is 1.64. The first-order valence-corrected chi connectivity index (χ1v) is 14.6. The predicted octanol–water partition coefficient (Wildman–Crippen LogP) is 3.75. The Hall–Kier alpha value is -3.86. The summed E-state index contributed by atoms with van der Waals surface area (Å²) < 4.78 is 38.9. The fourth-order valence-corrected chi connectivity index (χ4v) is 6.27. The van der Waals surface area contributed by atoms with Crippen LogP contribution in [0.15, 0.2) is 42.6 Å². The van der Waals surface area contributed by atoms with E-state index in [-0.39, 0.29) is 17.3 Å². The standard InChI is InChI=1S/C28H31FN4O5S/c1-16-15-19(10-13-21(16)29)32-27(35)23-17(2)24(33(3)25(23)22-7-5-6-14-30-22)26(34)28(36)31-18-8-11-20(12-9-18)39(4,37)38/h5-7,10,13-15,18,20H,8-9,11-12H2,1-4H3,(H,31,36)(H,32,35). The summed E-state index contributed by atoms with van der Waals surface area (Å²) in [5.74, 6) is -2.57. The fourth-order valence-electron chi connectivity index (χ4n) is 5.14. The Morgan fingerprint density at radius 2 is 1.74 bits per heavy atom. The molecular weight excluding hydrogens is 523 g/mol. The molecule has 1 saturated carbocycles. The number of carbonyl (C=O) groups excluding carboxylic acids is 3. The largest absolute Gasteiger partial charge is 0.346 e. The number of carbonyl (C=O) groups is 3. The molecule has 2 N–H and O–H groups in total. The highest BCUT2D eigenvalue weighted by Crippen LogP contribution is 2.31. The van der Waals surface area contributed by atoms with Crippen LogP contribution >= 0.6 is 0 Å². The number of sulfone groups is 1. The van der Waals surface area contributed by atoms with E-state index in [0.29, 0.717) is 53.9 Å². The summed E-state index contributed by atoms with van der Waals surface area (Å²) in [5, 5.41) is 5.06. The third kappa shape index (κ3) is 5.93. The van der Waals surface area contributed by atoms with Gasteiger partial charge < -0.3 is 15.2 Å². The summed E-state index contributed by atoms with van der Waals surface area (Å²) >= 11 is 0. The van der Waals surface area contributed by atoms with Crippen LogP contribution in [0.5, 0.6) is 0 Å². The van der Waals surface area contributed by atoms with Crippen LogP contribution in [0.4, 0.5) is 10.1 Å². The summed E-state index contributed by atoms with van der Waals surface area (Å²) in [6.07, 6.45) is 4.50. The van der Waals surface area contributed by atoms with Crippen molar-refractivity contribution >= 4 is 33.1 Å². The minimum Gasteiger partial charge on any atom is -0.346 e. The highest BCUT2D eigenvalue weighted by Gasteiger charge is 2.33. The van der Waals surface area contributed by atoms with Crippen molar-refractivity contribution in [3.8, 4) is 11.4 Å². The molecule has 206 valence electrons. The third-order valence-electron chi connectivity index (χ3n) is 7.22. The van der Waals surface area contributed by atoms with Gasteiger partial charge in [0, 0.05) is 31.2 Å². The monoisotopic (exact) mass is 554 g/mol. The fraction of sp³-hybridized carbons (Fsp3) is 0.357. The number of anilines is 1. The second-order valence-electron chi connectivity index (χ2n) is 10.00. The molecule has 3 aromatic rings. The molecule has 2 amide bonds. The topological polar surface area (TPSA) is 127 Å². The summed E-state index contributed by atoms with van der Waals surface area (Å²) in [5.41, 5.74) is 2.04. The smallest absolute Gasteiger partial charge is 0.294 e. The molecule has 4 rings (SSSR count). The maximum absolute atomic E-state index is 13.7. The molecule has 0 atom stereocenters. The Morgan fingerprint density at radius 1 is 1.05 bits per heavy atom. The van der Waals surface area contributed by atoms with Gasteiger partial charge in [-0.1, -0.05) is 6.07 Å². The van der Waals surface area contributed by atoms with Crippen LogP contribution in [0.3, 0.4) is 0 Å². The van der Waals surface area contributed by atoms with Crippen LogP contribution in [0.2, 0.25) is 0 Å². The van der Waals surface area contributed by atoms with E-state index in [9.17, 15) is 27.2 Å². The Kier molecular flexibility index (Phi) is 8.01. The number of benzene rings is 1. The number of hydrogen-bond donors (Lipinski definition) is 2. The van der Waals surface area contributed by atoms with Crippen molar-refractivity contribution in [2.24, 2.45) is 7.05 Å². The first kappa shape index (κ1) is 28.2. The molecule has 11 heteroatoms. The molecule has 1 fully saturated rings. The van der Waals surface area contributed by atoms with Gasteiger partial charge in [-0.3, -0.25) is 19.4 Å². The van der Waals surface area contributed by atoms with E-state index in [1.54, 1.807) is 45.3 Å². The maximum Gasteiger partial charge on any atom is 0.294 e. The lowest BCUT2D eigenvalue weighted by Crippen LogP contribution is -2.43. The van der Waals surface area contributed by atoms with Gasteiger partial charge in [0.05, 0.1) is 27.9 Å². The molecular formula is C28H31FN4O5S. The first-order valence-electron chi connectivity index (χ1n) is 12.6. The SMILES string of the molecule is Cc1cc(NC(=O)c2c(C)c(C(=O)C(=O)NC3CCC(S(C)(=O)=O)CC3)n(C)c2-c2ccccn2)ccc1F. The second-order valence-corrected chi connectivity index (χ2v) is 12.3. The van der Waals surface area contributed by atoms with Gasteiger partial charge in [0.15, 0.2) is 0 Å². The van der Waals surface area contributed by atoms with Gasteiger partial charge in [0.25, 0.3) is 17.6 Å². The van der Waals surface area contributed by atoms with Crippen molar-refractivity contribution < 1.29 is 27.2 Å². The molecule has 39 heavy (non-hydrogen) atoms. The van der Waals surface area contributed by atoms with Crippen LogP contribution < -0.4 is 10.6 Å². The van der Waals surface area contributed by atoms with E-state index in [1.807, 2.05) is 0 Å². The number of amides is 2. The molecule has 2 heterocycles. The highest BCUT2D eigenvalue weighted by molar-refractivity contribution is 7.91. The second kappa shape index (κ2) is 11.1. The normalized spacial score (nSPS) is 17.5. The zero-order valence-corrected chi connectivity index (χ0v) is 23.1. The number of Topliss-reactive ketones (excluding diaryl/α,β-unsaturated/α-hetero) is 1. The van der Waals surface area contributed by atoms with Crippen LogP contribution in [0.25, 0.3) is 11.4 Å². The van der Waals surface area contributed by atoms with Gasteiger partial charge in [0.1, 0.15) is 15.7 Å². The van der Waals surface area contributed by atoms with E-state index < -0.39 is 38.5 Å². The van der Waals surface area contributed by atoms with Crippen molar-refractivity contribution in [1.29, 1.82) is 0 Å². The lowest BCUT2D eigenvalue weighted by molar-refractivity contribution is -0.117. The molecule has 1 aliphatic carbocycles. The minimum absolute atomic E-state index is 0.0402. The minimum atomic E-state index is -3.16. The molecule has 2 aromatic heterocycles. The number of hydrogen-bond acceptors (Lipinski definition) is 6. The number of halogens is 1. The van der Waals surface area contributed by atoms with E-state index >= 15 is 0 Å². The van der Waals surface area contributed by atoms with E-state index in [1.165, 1.54) is 29.0 Å². The maximum atomic E-state index is 13.7. The number of nitrogens with zero attached hydrogens (tertiary/aromatic N) is 2. The van der Waals surface area contributed by atoms with Crippen molar-refractivity contribution in [1.82, 2.24) is 14.9 Å². The van der Waals surface area contributed by atoms with E-state index in [0.717, 1.165) is 0 Å². The summed E-state index contributed by atoms with van der Waals surface area (Å²) in [7, 11) is -1.57. The number of ketones is 1. The van der Waals surface area contributed by atoms with Crippen molar-refractivity contribution in [2.45, 2.75) is 50.8 Å². The highest BCUT2D eigenvalue weighted by atomic mass is 32.2. The predicted molar refractivity (Wildman–Crippen MR) is 146 cm³/mol. The van der Waals surface area contributed by atoms with Crippen LogP contribution in [-0.2, 0) is 21.7 Å². The third-order valence-corrected chi connectivity index (χ3v) is 8.91. The summed E-state index contributed by atoms with van der Waals surface area (Å²) in [6, 6.07) is 9.04. The van der Waals surface area contributed by atoms with Gasteiger partial charge in [-0.25, -0.2) is 12.8 Å². The lowest BCUT2D eigenvalue weighted by atomic mass is 9.94. The average Bonchev–Trinajstić information content (AvgIpc) is 3.15. The average molecular weight is 555 g/mol. The molecule has 0 unspecified atom stereocenters. The van der Waals surface area contributed by atoms with Gasteiger partial charge in [-0.05, 0) is 81.0 Å². The number of nitrogens with one attached hydrogen (secondary N) is 2. The van der Waals surface area contributed by atoms with Crippen LogP contribution in [-0.4, -0.2) is 53.1 Å². The zero-order chi connectivity index (χ0) is 28.5. The van der Waals surface area contributed by atoms with Crippen LogP contribution in [0, 0.1) is 19.7 Å². The number of rotatable bonds is 7. The lowest BCUT2D eigenvalue weighted by Gasteiger charge is -2.27. The van der Waals surface area contributed by atoms with Gasteiger partial charge in [0.2, 0.25) is 0 Å². The zero-order valence-electron chi connectivity index (χ0n) is 22.2. The molecule has 0 radical (unpaired) electrons. The van der Waals surface area contributed by atoms with Gasteiger partial charge >= 0.3 is 0 Å². The molecule has 0 spiro atoms. The Bertz CT molecular complexity index is 1540. The molecule has 1 aromatic carbocycles. The quantitative estimate of drug-likeness (QED) is 0.338. The van der Waals surface area contributed by atoms with E-state index in [2.05, 4.69) is 15.6 Å². The molecule has 0 saturated heterocycles. The number of pyridine rings is 1. The van der Waals surface area contributed by atoms with Crippen LogP contribution in [0.1, 0.15) is 57.7 Å². The van der Waals surface area contributed by atoms with Crippen molar-refractivity contribution in [2.75, 3.05) is 11.6 Å². The Morgan fingerprint density at radius 3 is 2.33 bits per heavy atom. The summed E-state index contributed by atoms with van der Waals surface area (Å²) in [6.45, 7) is 3.18. The number of aromatic nitrogens is 2.